The van der Waals surface area contributed by atoms with Crippen LogP contribution in [0.4, 0.5) is 13.2 Å². The van der Waals surface area contributed by atoms with Crippen LogP contribution in [0.1, 0.15) is 29.0 Å². The van der Waals surface area contributed by atoms with Crippen molar-refractivity contribution < 1.29 is 22.7 Å². The molecule has 3 heterocycles. The van der Waals surface area contributed by atoms with E-state index >= 15 is 0 Å². The van der Waals surface area contributed by atoms with E-state index in [1.54, 1.807) is 29.5 Å². The van der Waals surface area contributed by atoms with Crippen molar-refractivity contribution in [3.05, 3.63) is 59.6 Å². The zero-order valence-corrected chi connectivity index (χ0v) is 17.5. The molecule has 1 aliphatic heterocycles. The third kappa shape index (κ3) is 4.62. The van der Waals surface area contributed by atoms with Crippen molar-refractivity contribution in [2.45, 2.75) is 32.7 Å². The van der Waals surface area contributed by atoms with E-state index in [0.29, 0.717) is 29.6 Å². The monoisotopic (exact) mass is 446 g/mol. The first-order valence-corrected chi connectivity index (χ1v) is 9.98. The minimum Gasteiger partial charge on any atom is -0.368 e. The fourth-order valence-electron chi connectivity index (χ4n) is 3.63. The van der Waals surface area contributed by atoms with Gasteiger partial charge in [0.1, 0.15) is 24.3 Å². The highest BCUT2D eigenvalue weighted by Gasteiger charge is 2.32. The molecule has 32 heavy (non-hydrogen) atoms. The largest absolute Gasteiger partial charge is 0.416 e. The molecular formula is C21H21F3N6O2. The highest BCUT2D eigenvalue weighted by molar-refractivity contribution is 5.76. The van der Waals surface area contributed by atoms with E-state index in [9.17, 15) is 18.0 Å². The molecule has 1 atom stereocenters. The van der Waals surface area contributed by atoms with Gasteiger partial charge in [0.15, 0.2) is 0 Å². The summed E-state index contributed by atoms with van der Waals surface area (Å²) in [6.45, 7) is 4.43. The number of halogens is 3. The fourth-order valence-corrected chi connectivity index (χ4v) is 3.63. The average Bonchev–Trinajstić information content (AvgIpc) is 3.09. The molecule has 1 amide bonds. The lowest BCUT2D eigenvalue weighted by Gasteiger charge is -2.33. The molecule has 1 saturated heterocycles. The van der Waals surface area contributed by atoms with Gasteiger partial charge in [-0.15, -0.1) is 0 Å². The SMILES string of the molecule is Cc1nc(C)n(CC(=O)N2CCO[C@H](c3nccnc3-c3cccc(C(F)(F)F)c3)C2)n1. The van der Waals surface area contributed by atoms with Crippen LogP contribution in [0.25, 0.3) is 11.3 Å². The number of carbonyl (C=O) groups is 1. The Labute approximate surface area is 182 Å². The van der Waals surface area contributed by atoms with E-state index in [-0.39, 0.29) is 31.2 Å². The second-order valence-corrected chi connectivity index (χ2v) is 7.43. The van der Waals surface area contributed by atoms with Crippen LogP contribution < -0.4 is 0 Å². The molecule has 0 radical (unpaired) electrons. The smallest absolute Gasteiger partial charge is 0.368 e. The number of rotatable bonds is 4. The predicted octanol–water partition coefficient (Wildman–Crippen LogP) is 2.97. The van der Waals surface area contributed by atoms with E-state index in [4.69, 9.17) is 4.74 Å². The molecule has 0 N–H and O–H groups in total. The Bertz CT molecular complexity index is 1130. The van der Waals surface area contributed by atoms with Crippen molar-refractivity contribution in [3.63, 3.8) is 0 Å². The minimum atomic E-state index is -4.47. The first-order valence-electron chi connectivity index (χ1n) is 9.98. The molecule has 4 rings (SSSR count). The Balaban J connectivity index is 1.57. The van der Waals surface area contributed by atoms with Crippen molar-refractivity contribution in [3.8, 4) is 11.3 Å². The van der Waals surface area contributed by atoms with Gasteiger partial charge < -0.3 is 9.64 Å². The zero-order chi connectivity index (χ0) is 22.9. The lowest BCUT2D eigenvalue weighted by atomic mass is 10.0. The van der Waals surface area contributed by atoms with Crippen LogP contribution in [0.15, 0.2) is 36.7 Å². The van der Waals surface area contributed by atoms with Crippen molar-refractivity contribution >= 4 is 5.91 Å². The molecule has 0 bridgehead atoms. The van der Waals surface area contributed by atoms with Crippen LogP contribution in [0.3, 0.4) is 0 Å². The first-order chi connectivity index (χ1) is 15.2. The summed E-state index contributed by atoms with van der Waals surface area (Å²) < 4.78 is 46.9. The van der Waals surface area contributed by atoms with Gasteiger partial charge in [-0.25, -0.2) is 9.67 Å². The average molecular weight is 446 g/mol. The Kier molecular flexibility index (Phi) is 5.92. The van der Waals surface area contributed by atoms with Gasteiger partial charge in [-0.1, -0.05) is 12.1 Å². The maximum atomic E-state index is 13.2. The summed E-state index contributed by atoms with van der Waals surface area (Å²) in [5.74, 6) is 1.07. The number of carbonyl (C=O) groups excluding carboxylic acids is 1. The molecule has 8 nitrogen and oxygen atoms in total. The van der Waals surface area contributed by atoms with Crippen molar-refractivity contribution in [1.82, 2.24) is 29.6 Å². The highest BCUT2D eigenvalue weighted by Crippen LogP contribution is 2.34. The summed E-state index contributed by atoms with van der Waals surface area (Å²) in [6.07, 6.45) is -2.22. The normalized spacial score (nSPS) is 16.9. The van der Waals surface area contributed by atoms with Crippen LogP contribution >= 0.6 is 0 Å². The lowest BCUT2D eigenvalue weighted by molar-refractivity contribution is -0.140. The summed E-state index contributed by atoms with van der Waals surface area (Å²) in [5, 5.41) is 4.22. The molecule has 168 valence electrons. The summed E-state index contributed by atoms with van der Waals surface area (Å²) in [7, 11) is 0. The summed E-state index contributed by atoms with van der Waals surface area (Å²) in [5.41, 5.74) is 0.188. The van der Waals surface area contributed by atoms with Gasteiger partial charge >= 0.3 is 6.18 Å². The number of aromatic nitrogens is 5. The highest BCUT2D eigenvalue weighted by atomic mass is 19.4. The number of ether oxygens (including phenoxy) is 1. The van der Waals surface area contributed by atoms with Crippen molar-refractivity contribution in [2.24, 2.45) is 0 Å². The molecule has 0 aliphatic carbocycles. The van der Waals surface area contributed by atoms with Crippen LogP contribution in [0.2, 0.25) is 0 Å². The molecule has 0 unspecified atom stereocenters. The van der Waals surface area contributed by atoms with Crippen LogP contribution in [-0.2, 0) is 22.3 Å². The van der Waals surface area contributed by atoms with Crippen LogP contribution in [0.5, 0.6) is 0 Å². The van der Waals surface area contributed by atoms with Gasteiger partial charge in [-0.3, -0.25) is 14.8 Å². The summed E-state index contributed by atoms with van der Waals surface area (Å²) in [6, 6.07) is 4.92. The van der Waals surface area contributed by atoms with E-state index in [1.807, 2.05) is 0 Å². The number of hydrogen-bond acceptors (Lipinski definition) is 6. The fraction of sp³-hybridized carbons (Fsp3) is 0.381. The Morgan fingerprint density at radius 1 is 1.22 bits per heavy atom. The number of alkyl halides is 3. The first kappa shape index (κ1) is 21.9. The van der Waals surface area contributed by atoms with Crippen LogP contribution in [0, 0.1) is 13.8 Å². The summed E-state index contributed by atoms with van der Waals surface area (Å²) >= 11 is 0. The number of benzene rings is 1. The van der Waals surface area contributed by atoms with Crippen LogP contribution in [-0.4, -0.2) is 55.2 Å². The van der Waals surface area contributed by atoms with Gasteiger partial charge in [-0.05, 0) is 26.0 Å². The zero-order valence-electron chi connectivity index (χ0n) is 17.5. The summed E-state index contributed by atoms with van der Waals surface area (Å²) in [4.78, 5) is 27.3. The third-order valence-corrected chi connectivity index (χ3v) is 5.16. The molecular weight excluding hydrogens is 425 g/mol. The van der Waals surface area contributed by atoms with Crippen molar-refractivity contribution in [1.29, 1.82) is 0 Å². The standard InChI is InChI=1S/C21H21F3N6O2/c1-13-27-14(2)30(28-13)12-18(31)29-8-9-32-17(11-29)20-19(25-6-7-26-20)15-4-3-5-16(10-15)21(22,23)24/h3-7,10,17H,8-9,11-12H2,1-2H3/t17-/m0/s1. The van der Waals surface area contributed by atoms with E-state index in [2.05, 4.69) is 20.1 Å². The second-order valence-electron chi connectivity index (χ2n) is 7.43. The maximum Gasteiger partial charge on any atom is 0.416 e. The number of aryl methyl sites for hydroxylation is 2. The Morgan fingerprint density at radius 2 is 2.00 bits per heavy atom. The Morgan fingerprint density at radius 3 is 2.72 bits per heavy atom. The third-order valence-electron chi connectivity index (χ3n) is 5.16. The molecule has 0 saturated carbocycles. The predicted molar refractivity (Wildman–Crippen MR) is 107 cm³/mol. The number of morpholine rings is 1. The second kappa shape index (κ2) is 8.65. The van der Waals surface area contributed by atoms with E-state index < -0.39 is 17.8 Å². The molecule has 3 aromatic rings. The number of nitrogens with zero attached hydrogens (tertiary/aromatic N) is 6. The van der Waals surface area contributed by atoms with Gasteiger partial charge in [0.2, 0.25) is 5.91 Å². The molecule has 1 aromatic carbocycles. The van der Waals surface area contributed by atoms with Crippen molar-refractivity contribution in [2.75, 3.05) is 19.7 Å². The minimum absolute atomic E-state index is 0.0420. The topological polar surface area (TPSA) is 86.0 Å². The molecule has 0 spiro atoms. The number of hydrogen-bond donors (Lipinski definition) is 0. The molecule has 11 heteroatoms. The van der Waals surface area contributed by atoms with E-state index in [1.165, 1.54) is 18.5 Å². The van der Waals surface area contributed by atoms with Gasteiger partial charge in [-0.2, -0.15) is 18.3 Å². The Hall–Kier alpha value is -3.34. The quantitative estimate of drug-likeness (QED) is 0.613. The molecule has 2 aromatic heterocycles. The van der Waals surface area contributed by atoms with Gasteiger partial charge in [0.05, 0.1) is 30.1 Å². The number of amides is 1. The van der Waals surface area contributed by atoms with Gasteiger partial charge in [0, 0.05) is 24.5 Å². The van der Waals surface area contributed by atoms with Gasteiger partial charge in [0.25, 0.3) is 0 Å². The molecule has 1 fully saturated rings. The molecule has 1 aliphatic rings. The maximum absolute atomic E-state index is 13.2. The van der Waals surface area contributed by atoms with E-state index in [0.717, 1.165) is 12.1 Å². The lowest BCUT2D eigenvalue weighted by Crippen LogP contribution is -2.44.